The van der Waals surface area contributed by atoms with Crippen LogP contribution < -0.4 is 16.8 Å². The minimum absolute atomic E-state index is 0.0236. The van der Waals surface area contributed by atoms with Gasteiger partial charge in [0.2, 0.25) is 5.91 Å². The summed E-state index contributed by atoms with van der Waals surface area (Å²) in [7, 11) is 0. The van der Waals surface area contributed by atoms with E-state index in [0.717, 1.165) is 24.8 Å². The van der Waals surface area contributed by atoms with Gasteiger partial charge in [0, 0.05) is 12.8 Å². The average Bonchev–Trinajstić information content (AvgIpc) is 2.35. The Hall–Kier alpha value is -1.39. The standard InChI is InChI=1S/C14H23N3O/c15-10-6-2-5-9-14(18)17-13(16)11-12-7-3-1-4-8-12/h1,3-4,7-8,13H,2,5-6,9-11,15-16H2,(H,17,18)/t13-/m1/s1. The van der Waals surface area contributed by atoms with Gasteiger partial charge in [-0.25, -0.2) is 0 Å². The molecule has 0 saturated heterocycles. The number of hydrogen-bond acceptors (Lipinski definition) is 3. The molecule has 100 valence electrons. The van der Waals surface area contributed by atoms with Crippen molar-refractivity contribution in [3.8, 4) is 0 Å². The molecule has 4 heteroatoms. The predicted molar refractivity (Wildman–Crippen MR) is 73.8 cm³/mol. The van der Waals surface area contributed by atoms with Crippen LogP contribution in [0.15, 0.2) is 30.3 Å². The molecule has 1 amide bonds. The second-order valence-electron chi connectivity index (χ2n) is 4.46. The van der Waals surface area contributed by atoms with Crippen LogP contribution in [-0.4, -0.2) is 18.6 Å². The number of amides is 1. The second kappa shape index (κ2) is 8.66. The van der Waals surface area contributed by atoms with Gasteiger partial charge < -0.3 is 16.8 Å². The van der Waals surface area contributed by atoms with Crippen molar-refractivity contribution in [3.63, 3.8) is 0 Å². The van der Waals surface area contributed by atoms with Crippen LogP contribution in [-0.2, 0) is 11.2 Å². The minimum Gasteiger partial charge on any atom is -0.341 e. The molecule has 1 aromatic rings. The lowest BCUT2D eigenvalue weighted by Gasteiger charge is -2.13. The first-order valence-electron chi connectivity index (χ1n) is 6.51. The van der Waals surface area contributed by atoms with E-state index in [0.29, 0.717) is 19.4 Å². The Morgan fingerprint density at radius 3 is 2.56 bits per heavy atom. The summed E-state index contributed by atoms with van der Waals surface area (Å²) in [6.07, 6.45) is 3.73. The number of hydrogen-bond donors (Lipinski definition) is 3. The first kappa shape index (κ1) is 14.7. The Kier molecular flexibility index (Phi) is 7.06. The Balaban J connectivity index is 2.19. The maximum absolute atomic E-state index is 11.6. The van der Waals surface area contributed by atoms with Crippen molar-refractivity contribution in [1.29, 1.82) is 0 Å². The monoisotopic (exact) mass is 249 g/mol. The molecule has 0 aliphatic heterocycles. The SMILES string of the molecule is NCCCCCC(=O)N[C@@H](N)Cc1ccccc1. The molecule has 18 heavy (non-hydrogen) atoms. The van der Waals surface area contributed by atoms with E-state index in [1.807, 2.05) is 30.3 Å². The molecule has 4 nitrogen and oxygen atoms in total. The third-order valence-electron chi connectivity index (χ3n) is 2.75. The quantitative estimate of drug-likeness (QED) is 0.477. The molecule has 0 aromatic heterocycles. The van der Waals surface area contributed by atoms with Crippen molar-refractivity contribution in [3.05, 3.63) is 35.9 Å². The topological polar surface area (TPSA) is 81.1 Å². The Morgan fingerprint density at radius 2 is 1.89 bits per heavy atom. The van der Waals surface area contributed by atoms with Gasteiger partial charge in [-0.2, -0.15) is 0 Å². The fourth-order valence-corrected chi connectivity index (χ4v) is 1.80. The molecule has 5 N–H and O–H groups in total. The van der Waals surface area contributed by atoms with Gasteiger partial charge in [0.05, 0.1) is 6.17 Å². The highest BCUT2D eigenvalue weighted by Gasteiger charge is 2.07. The molecule has 0 aliphatic rings. The van der Waals surface area contributed by atoms with Crippen LogP contribution >= 0.6 is 0 Å². The molecule has 0 heterocycles. The van der Waals surface area contributed by atoms with Gasteiger partial charge >= 0.3 is 0 Å². The molecular weight excluding hydrogens is 226 g/mol. The minimum atomic E-state index is -0.311. The van der Waals surface area contributed by atoms with Gasteiger partial charge in [-0.15, -0.1) is 0 Å². The maximum Gasteiger partial charge on any atom is 0.221 e. The van der Waals surface area contributed by atoms with Gasteiger partial charge in [0.15, 0.2) is 0 Å². The van der Waals surface area contributed by atoms with Crippen LogP contribution in [0.3, 0.4) is 0 Å². The van der Waals surface area contributed by atoms with Crippen molar-refractivity contribution < 1.29 is 4.79 Å². The molecular formula is C14H23N3O. The number of benzene rings is 1. The molecule has 1 aromatic carbocycles. The predicted octanol–water partition coefficient (Wildman–Crippen LogP) is 1.15. The van der Waals surface area contributed by atoms with Crippen LogP contribution in [0.1, 0.15) is 31.2 Å². The van der Waals surface area contributed by atoms with Crippen LogP contribution in [0.25, 0.3) is 0 Å². The highest BCUT2D eigenvalue weighted by atomic mass is 16.1. The molecule has 0 bridgehead atoms. The van der Waals surface area contributed by atoms with Crippen molar-refractivity contribution >= 4 is 5.91 Å². The summed E-state index contributed by atoms with van der Waals surface area (Å²) in [5.41, 5.74) is 12.4. The van der Waals surface area contributed by atoms with E-state index in [1.54, 1.807) is 0 Å². The number of nitrogens with two attached hydrogens (primary N) is 2. The molecule has 0 fully saturated rings. The maximum atomic E-state index is 11.6. The van der Waals surface area contributed by atoms with E-state index in [9.17, 15) is 4.79 Å². The van der Waals surface area contributed by atoms with E-state index in [4.69, 9.17) is 11.5 Å². The van der Waals surface area contributed by atoms with Gasteiger partial charge in [0.25, 0.3) is 0 Å². The van der Waals surface area contributed by atoms with E-state index in [-0.39, 0.29) is 12.1 Å². The number of carbonyl (C=O) groups excluding carboxylic acids is 1. The third-order valence-corrected chi connectivity index (χ3v) is 2.75. The molecule has 0 radical (unpaired) electrons. The van der Waals surface area contributed by atoms with E-state index in [1.165, 1.54) is 0 Å². The normalized spacial score (nSPS) is 12.1. The first-order valence-corrected chi connectivity index (χ1v) is 6.51. The first-order chi connectivity index (χ1) is 8.72. The number of unbranched alkanes of at least 4 members (excludes halogenated alkanes) is 2. The summed E-state index contributed by atoms with van der Waals surface area (Å²) in [6, 6.07) is 9.92. The average molecular weight is 249 g/mol. The summed E-state index contributed by atoms with van der Waals surface area (Å²) in [5, 5.41) is 2.81. The lowest BCUT2D eigenvalue weighted by molar-refractivity contribution is -0.121. The lowest BCUT2D eigenvalue weighted by Crippen LogP contribution is -2.42. The van der Waals surface area contributed by atoms with Crippen molar-refractivity contribution in [2.45, 2.75) is 38.3 Å². The zero-order valence-electron chi connectivity index (χ0n) is 10.8. The molecule has 0 saturated carbocycles. The van der Waals surface area contributed by atoms with Gasteiger partial charge in [-0.05, 0) is 24.9 Å². The third kappa shape index (κ3) is 6.37. The summed E-state index contributed by atoms with van der Waals surface area (Å²) < 4.78 is 0. The number of carbonyl (C=O) groups is 1. The van der Waals surface area contributed by atoms with Crippen molar-refractivity contribution in [2.24, 2.45) is 11.5 Å². The summed E-state index contributed by atoms with van der Waals surface area (Å²) in [5.74, 6) is 0.0236. The van der Waals surface area contributed by atoms with E-state index < -0.39 is 0 Å². The Labute approximate surface area is 109 Å². The second-order valence-corrected chi connectivity index (χ2v) is 4.46. The molecule has 1 atom stereocenters. The highest BCUT2D eigenvalue weighted by molar-refractivity contribution is 5.76. The van der Waals surface area contributed by atoms with Crippen LogP contribution in [0.2, 0.25) is 0 Å². The van der Waals surface area contributed by atoms with E-state index in [2.05, 4.69) is 5.32 Å². The Morgan fingerprint density at radius 1 is 1.17 bits per heavy atom. The van der Waals surface area contributed by atoms with Crippen LogP contribution in [0, 0.1) is 0 Å². The Bertz CT molecular complexity index is 340. The number of rotatable bonds is 8. The molecule has 0 unspecified atom stereocenters. The molecule has 1 rings (SSSR count). The zero-order valence-corrected chi connectivity index (χ0v) is 10.8. The summed E-state index contributed by atoms with van der Waals surface area (Å²) in [4.78, 5) is 11.6. The summed E-state index contributed by atoms with van der Waals surface area (Å²) >= 11 is 0. The fourth-order valence-electron chi connectivity index (χ4n) is 1.80. The zero-order chi connectivity index (χ0) is 13.2. The van der Waals surface area contributed by atoms with Gasteiger partial charge in [0.1, 0.15) is 0 Å². The van der Waals surface area contributed by atoms with E-state index >= 15 is 0 Å². The van der Waals surface area contributed by atoms with Crippen molar-refractivity contribution in [1.82, 2.24) is 5.32 Å². The molecule has 0 aliphatic carbocycles. The number of nitrogens with one attached hydrogen (secondary N) is 1. The molecule has 0 spiro atoms. The van der Waals surface area contributed by atoms with Crippen LogP contribution in [0.4, 0.5) is 0 Å². The summed E-state index contributed by atoms with van der Waals surface area (Å²) in [6.45, 7) is 0.690. The van der Waals surface area contributed by atoms with Gasteiger partial charge in [-0.3, -0.25) is 4.79 Å². The van der Waals surface area contributed by atoms with Gasteiger partial charge in [-0.1, -0.05) is 36.8 Å². The van der Waals surface area contributed by atoms with Crippen molar-refractivity contribution in [2.75, 3.05) is 6.54 Å². The fraction of sp³-hybridized carbons (Fsp3) is 0.500. The van der Waals surface area contributed by atoms with Crippen LogP contribution in [0.5, 0.6) is 0 Å². The smallest absolute Gasteiger partial charge is 0.221 e. The largest absolute Gasteiger partial charge is 0.341 e. The highest BCUT2D eigenvalue weighted by Crippen LogP contribution is 2.02. The lowest BCUT2D eigenvalue weighted by atomic mass is 10.1.